The maximum atomic E-state index is 5.32. The second-order valence-electron chi connectivity index (χ2n) is 6.59. The van der Waals surface area contributed by atoms with Crippen LogP contribution in [-0.4, -0.2) is 64.1 Å². The third-order valence-corrected chi connectivity index (χ3v) is 4.45. The van der Waals surface area contributed by atoms with Crippen molar-refractivity contribution in [1.29, 1.82) is 0 Å². The van der Waals surface area contributed by atoms with E-state index in [1.807, 2.05) is 0 Å². The summed E-state index contributed by atoms with van der Waals surface area (Å²) in [5, 5.41) is 3.69. The van der Waals surface area contributed by atoms with E-state index in [1.54, 1.807) is 14.2 Å². The normalized spacial score (nSPS) is 20.1. The maximum Gasteiger partial charge on any atom is 0.0615 e. The Morgan fingerprint density at radius 1 is 1.30 bits per heavy atom. The van der Waals surface area contributed by atoms with Crippen molar-refractivity contribution in [3.8, 4) is 0 Å². The summed E-state index contributed by atoms with van der Waals surface area (Å²) >= 11 is 0. The molecule has 0 aromatic rings. The van der Waals surface area contributed by atoms with Gasteiger partial charge in [0.05, 0.1) is 13.2 Å². The molecule has 1 aliphatic rings. The lowest BCUT2D eigenvalue weighted by molar-refractivity contribution is 0.0457. The summed E-state index contributed by atoms with van der Waals surface area (Å²) in [7, 11) is 3.55. The molecule has 0 bridgehead atoms. The molecule has 2 unspecified atom stereocenters. The number of rotatable bonds is 12. The number of nitrogens with one attached hydrogen (secondary N) is 1. The van der Waals surface area contributed by atoms with Crippen molar-refractivity contribution in [2.24, 2.45) is 5.41 Å². The Balaban J connectivity index is 2.52. The Morgan fingerprint density at radius 2 is 2.00 bits per heavy atom. The number of hydrogen-bond donors (Lipinski definition) is 1. The molecule has 0 heterocycles. The lowest BCUT2D eigenvalue weighted by Gasteiger charge is -2.38. The van der Waals surface area contributed by atoms with Gasteiger partial charge in [-0.15, -0.1) is 0 Å². The zero-order valence-corrected chi connectivity index (χ0v) is 14.1. The summed E-state index contributed by atoms with van der Waals surface area (Å²) in [6.45, 7) is 11.7. The van der Waals surface area contributed by atoms with Crippen molar-refractivity contribution in [2.45, 2.75) is 52.1 Å². The van der Waals surface area contributed by atoms with Gasteiger partial charge in [0.15, 0.2) is 0 Å². The molecule has 20 heavy (non-hydrogen) atoms. The van der Waals surface area contributed by atoms with Crippen LogP contribution in [-0.2, 0) is 9.47 Å². The molecular formula is C16H34N2O2. The van der Waals surface area contributed by atoms with E-state index in [-0.39, 0.29) is 0 Å². The lowest BCUT2D eigenvalue weighted by atomic mass is 9.86. The fourth-order valence-electron chi connectivity index (χ4n) is 2.47. The van der Waals surface area contributed by atoms with Gasteiger partial charge in [-0.2, -0.15) is 0 Å². The molecule has 0 aromatic heterocycles. The monoisotopic (exact) mass is 286 g/mol. The van der Waals surface area contributed by atoms with Gasteiger partial charge in [-0.05, 0) is 31.6 Å². The second kappa shape index (κ2) is 8.98. The van der Waals surface area contributed by atoms with E-state index in [2.05, 4.69) is 31.0 Å². The van der Waals surface area contributed by atoms with Crippen LogP contribution >= 0.6 is 0 Å². The van der Waals surface area contributed by atoms with Crippen molar-refractivity contribution < 1.29 is 9.47 Å². The highest BCUT2D eigenvalue weighted by molar-refractivity contribution is 4.87. The molecule has 1 fully saturated rings. The van der Waals surface area contributed by atoms with Gasteiger partial charge in [-0.3, -0.25) is 4.90 Å². The van der Waals surface area contributed by atoms with Gasteiger partial charge in [0, 0.05) is 45.9 Å². The first kappa shape index (κ1) is 17.9. The smallest absolute Gasteiger partial charge is 0.0615 e. The molecule has 0 radical (unpaired) electrons. The Kier molecular flexibility index (Phi) is 8.03. The van der Waals surface area contributed by atoms with Crippen LogP contribution in [0.15, 0.2) is 0 Å². The number of hydrogen-bond acceptors (Lipinski definition) is 4. The molecule has 1 saturated carbocycles. The first-order chi connectivity index (χ1) is 9.54. The molecule has 1 rings (SSSR count). The highest BCUT2D eigenvalue weighted by Gasteiger charge is 2.30. The highest BCUT2D eigenvalue weighted by Crippen LogP contribution is 2.26. The van der Waals surface area contributed by atoms with E-state index in [9.17, 15) is 0 Å². The largest absolute Gasteiger partial charge is 0.383 e. The zero-order chi connectivity index (χ0) is 15.0. The third-order valence-electron chi connectivity index (χ3n) is 4.45. The topological polar surface area (TPSA) is 33.7 Å². The van der Waals surface area contributed by atoms with Crippen molar-refractivity contribution in [3.05, 3.63) is 0 Å². The van der Waals surface area contributed by atoms with Gasteiger partial charge >= 0.3 is 0 Å². The van der Waals surface area contributed by atoms with E-state index < -0.39 is 0 Å². The molecule has 4 nitrogen and oxygen atoms in total. The molecule has 1 aliphatic carbocycles. The highest BCUT2D eigenvalue weighted by atomic mass is 16.5. The minimum absolute atomic E-state index is 0.318. The Bertz CT molecular complexity index is 259. The van der Waals surface area contributed by atoms with Gasteiger partial charge in [-0.25, -0.2) is 0 Å². The van der Waals surface area contributed by atoms with Crippen LogP contribution in [0.5, 0.6) is 0 Å². The van der Waals surface area contributed by atoms with Crippen molar-refractivity contribution in [2.75, 3.05) is 47.1 Å². The first-order valence-electron chi connectivity index (χ1n) is 8.00. The molecule has 120 valence electrons. The molecule has 1 N–H and O–H groups in total. The van der Waals surface area contributed by atoms with E-state index in [0.29, 0.717) is 11.5 Å². The Labute approximate surface area is 125 Å². The van der Waals surface area contributed by atoms with Gasteiger partial charge in [0.2, 0.25) is 0 Å². The molecule has 0 aromatic carbocycles. The Morgan fingerprint density at radius 3 is 2.50 bits per heavy atom. The van der Waals surface area contributed by atoms with Crippen molar-refractivity contribution in [1.82, 2.24) is 10.2 Å². The molecule has 0 saturated heterocycles. The predicted octanol–water partition coefficient (Wildman–Crippen LogP) is 2.14. The van der Waals surface area contributed by atoms with Crippen LogP contribution < -0.4 is 5.32 Å². The first-order valence-corrected chi connectivity index (χ1v) is 8.00. The molecule has 0 aliphatic heterocycles. The van der Waals surface area contributed by atoms with Crippen LogP contribution in [0.1, 0.15) is 40.0 Å². The second-order valence-corrected chi connectivity index (χ2v) is 6.59. The summed E-state index contributed by atoms with van der Waals surface area (Å²) in [6, 6.07) is 1.21. The average Bonchev–Trinajstić information content (AvgIpc) is 3.25. The van der Waals surface area contributed by atoms with Crippen LogP contribution in [0.25, 0.3) is 0 Å². The lowest BCUT2D eigenvalue weighted by Crippen LogP contribution is -2.48. The predicted molar refractivity (Wildman–Crippen MR) is 84.2 cm³/mol. The molecule has 0 amide bonds. The maximum absolute atomic E-state index is 5.32. The minimum atomic E-state index is 0.318. The molecule has 2 atom stereocenters. The zero-order valence-electron chi connectivity index (χ0n) is 14.1. The summed E-state index contributed by atoms with van der Waals surface area (Å²) in [5.41, 5.74) is 0.318. The fraction of sp³-hybridized carbons (Fsp3) is 1.00. The van der Waals surface area contributed by atoms with Gasteiger partial charge < -0.3 is 14.8 Å². The number of ether oxygens (including phenoxy) is 2. The number of methoxy groups -OCH3 is 2. The Hall–Kier alpha value is -0.160. The summed E-state index contributed by atoms with van der Waals surface area (Å²) in [6.07, 6.45) is 3.90. The van der Waals surface area contributed by atoms with Crippen molar-refractivity contribution in [3.63, 3.8) is 0 Å². The van der Waals surface area contributed by atoms with E-state index in [0.717, 1.165) is 38.9 Å². The van der Waals surface area contributed by atoms with Crippen LogP contribution in [0.4, 0.5) is 0 Å². The van der Waals surface area contributed by atoms with E-state index in [1.165, 1.54) is 19.3 Å². The summed E-state index contributed by atoms with van der Waals surface area (Å²) in [5.74, 6) is 0. The van der Waals surface area contributed by atoms with Crippen molar-refractivity contribution >= 4 is 0 Å². The van der Waals surface area contributed by atoms with Crippen LogP contribution in [0, 0.1) is 5.41 Å². The summed E-state index contributed by atoms with van der Waals surface area (Å²) in [4.78, 5) is 2.51. The molecule has 0 spiro atoms. The SMILES string of the molecule is CCC(C)(CNC1CC1)CN(CCOC)C(C)COC. The summed E-state index contributed by atoms with van der Waals surface area (Å²) < 4.78 is 10.6. The minimum Gasteiger partial charge on any atom is -0.383 e. The third kappa shape index (κ3) is 6.53. The number of nitrogens with zero attached hydrogens (tertiary/aromatic N) is 1. The quantitative estimate of drug-likeness (QED) is 0.596. The van der Waals surface area contributed by atoms with Crippen LogP contribution in [0.2, 0.25) is 0 Å². The average molecular weight is 286 g/mol. The fourth-order valence-corrected chi connectivity index (χ4v) is 2.47. The van der Waals surface area contributed by atoms with Gasteiger partial charge in [0.1, 0.15) is 0 Å². The van der Waals surface area contributed by atoms with E-state index in [4.69, 9.17) is 9.47 Å². The molecule has 4 heteroatoms. The van der Waals surface area contributed by atoms with Gasteiger partial charge in [-0.1, -0.05) is 13.8 Å². The van der Waals surface area contributed by atoms with E-state index >= 15 is 0 Å². The van der Waals surface area contributed by atoms with Crippen LogP contribution in [0.3, 0.4) is 0 Å². The molecular weight excluding hydrogens is 252 g/mol. The van der Waals surface area contributed by atoms with Gasteiger partial charge in [0.25, 0.3) is 0 Å². The standard InChI is InChI=1S/C16H34N2O2/c1-6-16(3,12-17-15-7-8-15)13-18(9-10-19-4)14(2)11-20-5/h14-15,17H,6-13H2,1-5H3.